The average molecular weight is 534 g/mol. The molecule has 4 rings (SSSR count). The Kier molecular flexibility index (Phi) is 8.18. The van der Waals surface area contributed by atoms with Crippen molar-refractivity contribution >= 4 is 58.0 Å². The molecule has 0 saturated carbocycles. The summed E-state index contributed by atoms with van der Waals surface area (Å²) in [5.74, 6) is -1.26. The summed E-state index contributed by atoms with van der Waals surface area (Å²) in [6.07, 6.45) is 1.40. The van der Waals surface area contributed by atoms with Crippen molar-refractivity contribution in [3.05, 3.63) is 111 Å². The van der Waals surface area contributed by atoms with Gasteiger partial charge in [-0.25, -0.2) is 10.2 Å². The van der Waals surface area contributed by atoms with Crippen LogP contribution in [0.1, 0.15) is 31.8 Å². The summed E-state index contributed by atoms with van der Waals surface area (Å²) in [5.41, 5.74) is 4.50. The lowest BCUT2D eigenvalue weighted by molar-refractivity contribution is -0.120. The van der Waals surface area contributed by atoms with E-state index >= 15 is 0 Å². The Morgan fingerprint density at radius 3 is 2.49 bits per heavy atom. The van der Waals surface area contributed by atoms with E-state index < -0.39 is 17.8 Å². The zero-order valence-electron chi connectivity index (χ0n) is 19.6. The fraction of sp³-hybridized carbons (Fsp3) is 0.0714. The number of ether oxygens (including phenoxy) is 1. The lowest BCUT2D eigenvalue weighted by atomic mass is 10.0. The van der Waals surface area contributed by atoms with Crippen LogP contribution in [0.25, 0.3) is 10.8 Å². The van der Waals surface area contributed by atoms with Crippen LogP contribution in [-0.2, 0) is 4.79 Å². The van der Waals surface area contributed by atoms with Gasteiger partial charge in [-0.2, -0.15) is 5.10 Å². The number of nitrogens with one attached hydrogen (secondary N) is 2. The first-order valence-corrected chi connectivity index (χ1v) is 11.9. The van der Waals surface area contributed by atoms with E-state index in [1.807, 2.05) is 43.3 Å². The number of hydrogen-bond donors (Lipinski definition) is 2. The molecule has 186 valence electrons. The van der Waals surface area contributed by atoms with E-state index in [0.29, 0.717) is 16.1 Å². The molecule has 0 unspecified atom stereocenters. The molecule has 0 bridgehead atoms. The van der Waals surface area contributed by atoms with Crippen molar-refractivity contribution < 1.29 is 19.1 Å². The molecule has 37 heavy (non-hydrogen) atoms. The van der Waals surface area contributed by atoms with Gasteiger partial charge in [0.05, 0.1) is 28.4 Å². The van der Waals surface area contributed by atoms with Gasteiger partial charge < -0.3 is 10.1 Å². The van der Waals surface area contributed by atoms with Gasteiger partial charge in [-0.1, -0.05) is 71.2 Å². The third kappa shape index (κ3) is 6.52. The molecular weight excluding hydrogens is 513 g/mol. The van der Waals surface area contributed by atoms with Crippen molar-refractivity contribution in [3.63, 3.8) is 0 Å². The maximum absolute atomic E-state index is 12.8. The first-order valence-electron chi connectivity index (χ1n) is 11.2. The molecule has 2 N–H and O–H groups in total. The van der Waals surface area contributed by atoms with Gasteiger partial charge in [-0.3, -0.25) is 9.59 Å². The summed E-state index contributed by atoms with van der Waals surface area (Å²) in [6.45, 7) is 1.57. The summed E-state index contributed by atoms with van der Waals surface area (Å²) in [4.78, 5) is 37.3. The zero-order valence-corrected chi connectivity index (χ0v) is 21.1. The molecule has 2 amide bonds. The number of halogens is 2. The van der Waals surface area contributed by atoms with Gasteiger partial charge in [0, 0.05) is 11.1 Å². The second kappa shape index (κ2) is 11.7. The first kappa shape index (κ1) is 25.9. The number of aryl methyl sites for hydroxylation is 1. The average Bonchev–Trinajstić information content (AvgIpc) is 2.89. The molecule has 0 heterocycles. The van der Waals surface area contributed by atoms with Crippen LogP contribution in [0, 0.1) is 6.92 Å². The van der Waals surface area contributed by atoms with E-state index in [-0.39, 0.29) is 22.9 Å². The zero-order chi connectivity index (χ0) is 26.4. The minimum atomic E-state index is -0.553. The standard InChI is InChI=1S/C28H21Cl2N3O4/c1-17-5-4-7-20(13-17)28(36)37-25-12-10-18-6-2-3-8-21(18)22(25)15-32-33-26(34)16-31-27(35)19-9-11-23(29)24(30)14-19/h2-15H,16H2,1H3,(H,31,35)(H,33,34)/b32-15-. The van der Waals surface area contributed by atoms with Gasteiger partial charge >= 0.3 is 5.97 Å². The number of nitrogens with zero attached hydrogens (tertiary/aromatic N) is 1. The Bertz CT molecular complexity index is 1540. The highest BCUT2D eigenvalue weighted by Crippen LogP contribution is 2.27. The van der Waals surface area contributed by atoms with Crippen molar-refractivity contribution in [2.75, 3.05) is 6.54 Å². The quantitative estimate of drug-likeness (QED) is 0.141. The molecule has 0 radical (unpaired) electrons. The Labute approximate surface area is 223 Å². The second-order valence-electron chi connectivity index (χ2n) is 8.06. The molecule has 4 aromatic carbocycles. The summed E-state index contributed by atoms with van der Waals surface area (Å²) in [5, 5.41) is 8.74. The number of rotatable bonds is 7. The van der Waals surface area contributed by atoms with Gasteiger partial charge in [0.2, 0.25) is 0 Å². The molecule has 0 aliphatic heterocycles. The Morgan fingerprint density at radius 1 is 0.892 bits per heavy atom. The van der Waals surface area contributed by atoms with Crippen molar-refractivity contribution in [2.24, 2.45) is 5.10 Å². The summed E-state index contributed by atoms with van der Waals surface area (Å²) in [6, 6.07) is 22.5. The smallest absolute Gasteiger partial charge is 0.343 e. The maximum Gasteiger partial charge on any atom is 0.343 e. The molecule has 0 aromatic heterocycles. The highest BCUT2D eigenvalue weighted by atomic mass is 35.5. The van der Waals surface area contributed by atoms with E-state index in [1.54, 1.807) is 24.3 Å². The molecule has 0 aliphatic carbocycles. The van der Waals surface area contributed by atoms with Crippen molar-refractivity contribution in [1.82, 2.24) is 10.7 Å². The molecule has 0 spiro atoms. The van der Waals surface area contributed by atoms with E-state index in [4.69, 9.17) is 27.9 Å². The third-order valence-electron chi connectivity index (χ3n) is 5.36. The molecule has 4 aromatic rings. The predicted molar refractivity (Wildman–Crippen MR) is 145 cm³/mol. The maximum atomic E-state index is 12.8. The largest absolute Gasteiger partial charge is 0.422 e. The number of fused-ring (bicyclic) bond motifs is 1. The minimum Gasteiger partial charge on any atom is -0.422 e. The van der Waals surface area contributed by atoms with E-state index in [0.717, 1.165) is 16.3 Å². The van der Waals surface area contributed by atoms with Gasteiger partial charge in [0.25, 0.3) is 11.8 Å². The van der Waals surface area contributed by atoms with E-state index in [9.17, 15) is 14.4 Å². The molecular formula is C28H21Cl2N3O4. The third-order valence-corrected chi connectivity index (χ3v) is 6.10. The van der Waals surface area contributed by atoms with Crippen molar-refractivity contribution in [1.29, 1.82) is 0 Å². The molecule has 0 atom stereocenters. The number of carbonyl (C=O) groups is 3. The number of carbonyl (C=O) groups excluding carboxylic acids is 3. The fourth-order valence-corrected chi connectivity index (χ4v) is 3.84. The minimum absolute atomic E-state index is 0.234. The number of hydrazone groups is 1. The summed E-state index contributed by atoms with van der Waals surface area (Å²) < 4.78 is 5.68. The van der Waals surface area contributed by atoms with E-state index in [1.165, 1.54) is 24.4 Å². The fourth-order valence-electron chi connectivity index (χ4n) is 3.54. The van der Waals surface area contributed by atoms with Crippen LogP contribution in [0.4, 0.5) is 0 Å². The lowest BCUT2D eigenvalue weighted by Gasteiger charge is -2.11. The molecule has 0 saturated heterocycles. The van der Waals surface area contributed by atoms with E-state index in [2.05, 4.69) is 15.8 Å². The van der Waals surface area contributed by atoms with Crippen LogP contribution >= 0.6 is 23.2 Å². The highest BCUT2D eigenvalue weighted by Gasteiger charge is 2.14. The number of benzene rings is 4. The first-order chi connectivity index (χ1) is 17.8. The molecule has 9 heteroatoms. The summed E-state index contributed by atoms with van der Waals surface area (Å²) >= 11 is 11.8. The Hall–Kier alpha value is -4.20. The number of esters is 1. The molecule has 7 nitrogen and oxygen atoms in total. The van der Waals surface area contributed by atoms with Crippen LogP contribution in [0.5, 0.6) is 5.75 Å². The van der Waals surface area contributed by atoms with Crippen molar-refractivity contribution in [2.45, 2.75) is 6.92 Å². The number of amides is 2. The lowest BCUT2D eigenvalue weighted by Crippen LogP contribution is -2.34. The number of hydrogen-bond acceptors (Lipinski definition) is 5. The monoisotopic (exact) mass is 533 g/mol. The van der Waals surface area contributed by atoms with Crippen LogP contribution in [-0.4, -0.2) is 30.5 Å². The van der Waals surface area contributed by atoms with Gasteiger partial charge in [-0.05, 0) is 54.1 Å². The molecule has 0 aliphatic rings. The Morgan fingerprint density at radius 2 is 1.70 bits per heavy atom. The van der Waals surface area contributed by atoms with Crippen LogP contribution in [0.15, 0.2) is 84.0 Å². The van der Waals surface area contributed by atoms with Crippen LogP contribution in [0.3, 0.4) is 0 Å². The van der Waals surface area contributed by atoms with Gasteiger partial charge in [-0.15, -0.1) is 0 Å². The SMILES string of the molecule is Cc1cccc(C(=O)Oc2ccc3ccccc3c2/C=N\NC(=O)CNC(=O)c2ccc(Cl)c(Cl)c2)c1. The summed E-state index contributed by atoms with van der Waals surface area (Å²) in [7, 11) is 0. The molecule has 0 fully saturated rings. The van der Waals surface area contributed by atoms with Gasteiger partial charge in [0.1, 0.15) is 5.75 Å². The predicted octanol–water partition coefficient (Wildman–Crippen LogP) is 5.55. The highest BCUT2D eigenvalue weighted by molar-refractivity contribution is 6.42. The van der Waals surface area contributed by atoms with Crippen molar-refractivity contribution in [3.8, 4) is 5.75 Å². The van der Waals surface area contributed by atoms with Gasteiger partial charge in [0.15, 0.2) is 0 Å². The Balaban J connectivity index is 1.47. The second-order valence-corrected chi connectivity index (χ2v) is 8.88. The normalized spacial score (nSPS) is 10.9. The van der Waals surface area contributed by atoms with Crippen LogP contribution in [0.2, 0.25) is 10.0 Å². The van der Waals surface area contributed by atoms with Crippen LogP contribution < -0.4 is 15.5 Å². The topological polar surface area (TPSA) is 96.9 Å².